The second kappa shape index (κ2) is 8.45. The molecule has 0 fully saturated rings. The molecule has 0 saturated carbocycles. The van der Waals surface area contributed by atoms with Crippen LogP contribution in [0.25, 0.3) is 0 Å². The van der Waals surface area contributed by atoms with Gasteiger partial charge in [0.25, 0.3) is 0 Å². The van der Waals surface area contributed by atoms with Crippen molar-refractivity contribution >= 4 is 15.9 Å². The lowest BCUT2D eigenvalue weighted by atomic mass is 9.99. The summed E-state index contributed by atoms with van der Waals surface area (Å²) < 4.78 is 27.7. The third-order valence-corrected chi connectivity index (χ3v) is 5.57. The molecule has 0 aliphatic heterocycles. The van der Waals surface area contributed by atoms with E-state index in [1.165, 1.54) is 0 Å². The number of hydrogen-bond donors (Lipinski definition) is 2. The molecule has 23 heavy (non-hydrogen) atoms. The molecule has 0 aliphatic rings. The van der Waals surface area contributed by atoms with Gasteiger partial charge >= 0.3 is 0 Å². The molecular formula is C17H28N2O3S. The number of aryl methyl sites for hydroxylation is 1. The summed E-state index contributed by atoms with van der Waals surface area (Å²) in [5.41, 5.74) is 0.983. The van der Waals surface area contributed by atoms with E-state index in [0.29, 0.717) is 6.42 Å². The molecule has 1 amide bonds. The molecule has 3 unspecified atom stereocenters. The van der Waals surface area contributed by atoms with Crippen LogP contribution in [-0.4, -0.2) is 26.4 Å². The molecule has 0 aromatic heterocycles. The Hall–Kier alpha value is -1.40. The van der Waals surface area contributed by atoms with Crippen molar-refractivity contribution in [1.29, 1.82) is 0 Å². The van der Waals surface area contributed by atoms with Crippen LogP contribution in [0.2, 0.25) is 0 Å². The Morgan fingerprint density at radius 1 is 1.09 bits per heavy atom. The molecule has 1 aromatic carbocycles. The fourth-order valence-electron chi connectivity index (χ4n) is 2.05. The third-order valence-electron chi connectivity index (χ3n) is 4.11. The van der Waals surface area contributed by atoms with Gasteiger partial charge in [-0.15, -0.1) is 0 Å². The van der Waals surface area contributed by atoms with E-state index in [1.807, 2.05) is 34.6 Å². The van der Waals surface area contributed by atoms with E-state index in [9.17, 15) is 13.2 Å². The minimum Gasteiger partial charge on any atom is -0.352 e. The molecule has 0 saturated heterocycles. The quantitative estimate of drug-likeness (QED) is 0.764. The molecule has 5 nitrogen and oxygen atoms in total. The Morgan fingerprint density at radius 3 is 2.13 bits per heavy atom. The Morgan fingerprint density at radius 2 is 1.65 bits per heavy atom. The van der Waals surface area contributed by atoms with Crippen molar-refractivity contribution in [3.8, 4) is 0 Å². The highest BCUT2D eigenvalue weighted by atomic mass is 32.2. The smallest absolute Gasteiger partial charge is 0.241 e. The Kier molecular flexibility index (Phi) is 7.22. The number of benzene rings is 1. The van der Waals surface area contributed by atoms with E-state index in [-0.39, 0.29) is 22.8 Å². The normalized spacial score (nSPS) is 15.7. The second-order valence-electron chi connectivity index (χ2n) is 6.12. The van der Waals surface area contributed by atoms with Gasteiger partial charge in [-0.1, -0.05) is 44.9 Å². The van der Waals surface area contributed by atoms with Crippen molar-refractivity contribution in [2.24, 2.45) is 5.92 Å². The summed E-state index contributed by atoms with van der Waals surface area (Å²) in [6.07, 6.45) is 1.50. The first-order chi connectivity index (χ1) is 10.7. The van der Waals surface area contributed by atoms with Crippen LogP contribution < -0.4 is 10.0 Å². The van der Waals surface area contributed by atoms with Crippen molar-refractivity contribution in [3.05, 3.63) is 29.8 Å². The minimum atomic E-state index is -3.73. The summed E-state index contributed by atoms with van der Waals surface area (Å²) in [6, 6.07) is 5.83. The van der Waals surface area contributed by atoms with Crippen molar-refractivity contribution in [1.82, 2.24) is 10.0 Å². The number of rotatable bonds is 8. The lowest BCUT2D eigenvalue weighted by Gasteiger charge is -2.25. The minimum absolute atomic E-state index is 0.0120. The molecule has 0 heterocycles. The molecule has 0 spiro atoms. The number of carbonyl (C=O) groups is 1. The lowest BCUT2D eigenvalue weighted by molar-refractivity contribution is -0.124. The maximum absolute atomic E-state index is 12.5. The van der Waals surface area contributed by atoms with E-state index in [0.717, 1.165) is 12.0 Å². The predicted molar refractivity (Wildman–Crippen MR) is 92.6 cm³/mol. The number of hydrogen-bond acceptors (Lipinski definition) is 3. The van der Waals surface area contributed by atoms with Crippen molar-refractivity contribution in [3.63, 3.8) is 0 Å². The first kappa shape index (κ1) is 19.6. The molecule has 1 aromatic rings. The Bertz CT molecular complexity index is 611. The largest absolute Gasteiger partial charge is 0.352 e. The van der Waals surface area contributed by atoms with Gasteiger partial charge in [0.05, 0.1) is 4.90 Å². The molecule has 1 rings (SSSR count). The van der Waals surface area contributed by atoms with Crippen LogP contribution in [0.15, 0.2) is 29.2 Å². The van der Waals surface area contributed by atoms with Crippen LogP contribution in [0, 0.1) is 12.8 Å². The van der Waals surface area contributed by atoms with Gasteiger partial charge < -0.3 is 5.32 Å². The lowest BCUT2D eigenvalue weighted by Crippen LogP contribution is -2.51. The first-order valence-corrected chi connectivity index (χ1v) is 9.59. The summed E-state index contributed by atoms with van der Waals surface area (Å²) in [5, 5.41) is 2.86. The summed E-state index contributed by atoms with van der Waals surface area (Å²) in [5.74, 6) is -0.372. The van der Waals surface area contributed by atoms with Gasteiger partial charge in [0, 0.05) is 6.04 Å². The zero-order chi connectivity index (χ0) is 17.6. The Labute approximate surface area is 139 Å². The van der Waals surface area contributed by atoms with Crippen LogP contribution in [0.5, 0.6) is 0 Å². The van der Waals surface area contributed by atoms with E-state index < -0.39 is 16.1 Å². The number of carbonyl (C=O) groups excluding carboxylic acids is 1. The van der Waals surface area contributed by atoms with E-state index >= 15 is 0 Å². The topological polar surface area (TPSA) is 75.3 Å². The van der Waals surface area contributed by atoms with Gasteiger partial charge in [0.15, 0.2) is 0 Å². The SMILES string of the molecule is CCC(C)NC(=O)C(NS(=O)(=O)c1ccc(C)cc1)C(C)CC. The van der Waals surface area contributed by atoms with Gasteiger partial charge in [-0.25, -0.2) is 8.42 Å². The maximum Gasteiger partial charge on any atom is 0.241 e. The zero-order valence-electron chi connectivity index (χ0n) is 14.6. The second-order valence-corrected chi connectivity index (χ2v) is 7.83. The maximum atomic E-state index is 12.5. The van der Waals surface area contributed by atoms with E-state index in [1.54, 1.807) is 24.3 Å². The van der Waals surface area contributed by atoms with Crippen molar-refractivity contribution < 1.29 is 13.2 Å². The van der Waals surface area contributed by atoms with Crippen LogP contribution in [0.1, 0.15) is 46.1 Å². The summed E-state index contributed by atoms with van der Waals surface area (Å²) in [7, 11) is -3.73. The fourth-order valence-corrected chi connectivity index (χ4v) is 3.36. The van der Waals surface area contributed by atoms with Gasteiger partial charge in [-0.3, -0.25) is 4.79 Å². The monoisotopic (exact) mass is 340 g/mol. The van der Waals surface area contributed by atoms with Crippen LogP contribution >= 0.6 is 0 Å². The number of nitrogens with one attached hydrogen (secondary N) is 2. The molecule has 130 valence electrons. The zero-order valence-corrected chi connectivity index (χ0v) is 15.4. The number of sulfonamides is 1. The highest BCUT2D eigenvalue weighted by molar-refractivity contribution is 7.89. The predicted octanol–water partition coefficient (Wildman–Crippen LogP) is 2.60. The van der Waals surface area contributed by atoms with Gasteiger partial charge in [0.1, 0.15) is 6.04 Å². The highest BCUT2D eigenvalue weighted by Crippen LogP contribution is 2.15. The average Bonchev–Trinajstić information content (AvgIpc) is 2.52. The average molecular weight is 340 g/mol. The van der Waals surface area contributed by atoms with Gasteiger partial charge in [0.2, 0.25) is 15.9 Å². The van der Waals surface area contributed by atoms with Crippen LogP contribution in [0.3, 0.4) is 0 Å². The molecule has 3 atom stereocenters. The molecule has 2 N–H and O–H groups in total. The molecule has 0 radical (unpaired) electrons. The molecule has 0 bridgehead atoms. The molecular weight excluding hydrogens is 312 g/mol. The van der Waals surface area contributed by atoms with E-state index in [2.05, 4.69) is 10.0 Å². The van der Waals surface area contributed by atoms with E-state index in [4.69, 9.17) is 0 Å². The first-order valence-electron chi connectivity index (χ1n) is 8.10. The van der Waals surface area contributed by atoms with Crippen molar-refractivity contribution in [2.75, 3.05) is 0 Å². The standard InChI is InChI=1S/C17H28N2O3S/c1-6-13(4)16(17(20)18-14(5)7-2)19-23(21,22)15-10-8-12(3)9-11-15/h8-11,13-14,16,19H,6-7H2,1-5H3,(H,18,20). The fraction of sp³-hybridized carbons (Fsp3) is 0.588. The molecule has 6 heteroatoms. The summed E-state index contributed by atoms with van der Waals surface area (Å²) >= 11 is 0. The third kappa shape index (κ3) is 5.62. The summed E-state index contributed by atoms with van der Waals surface area (Å²) in [4.78, 5) is 12.6. The highest BCUT2D eigenvalue weighted by Gasteiger charge is 2.30. The van der Waals surface area contributed by atoms with Gasteiger partial charge in [-0.05, 0) is 38.3 Å². The molecule has 0 aliphatic carbocycles. The van der Waals surface area contributed by atoms with Crippen LogP contribution in [-0.2, 0) is 14.8 Å². The van der Waals surface area contributed by atoms with Crippen molar-refractivity contribution in [2.45, 2.75) is 64.4 Å². The number of amides is 1. The Balaban J connectivity index is 3.00. The van der Waals surface area contributed by atoms with Crippen LogP contribution in [0.4, 0.5) is 0 Å². The van der Waals surface area contributed by atoms with Gasteiger partial charge in [-0.2, -0.15) is 4.72 Å². The summed E-state index contributed by atoms with van der Waals surface area (Å²) in [6.45, 7) is 9.58.